The van der Waals surface area contributed by atoms with Gasteiger partial charge in [-0.15, -0.1) is 0 Å². The normalized spacial score (nSPS) is 10.6. The first-order valence-corrected chi connectivity index (χ1v) is 9.36. The van der Waals surface area contributed by atoms with E-state index in [4.69, 9.17) is 3.79 Å². The summed E-state index contributed by atoms with van der Waals surface area (Å²) in [4.78, 5) is 4.63. The van der Waals surface area contributed by atoms with Gasteiger partial charge in [-0.25, -0.2) is 4.98 Å². The monoisotopic (exact) mass is 338 g/mol. The van der Waals surface area contributed by atoms with Crippen LogP contribution in [0.3, 0.4) is 0 Å². The number of aromatic nitrogens is 1. The first-order valence-electron chi connectivity index (χ1n) is 8.31. The van der Waals surface area contributed by atoms with Gasteiger partial charge in [0.05, 0.1) is 0 Å². The molecule has 119 valence electrons. The van der Waals surface area contributed by atoms with E-state index in [1.807, 2.05) is 31.2 Å². The molecule has 0 aliphatic heterocycles. The summed E-state index contributed by atoms with van der Waals surface area (Å²) in [5, 5.41) is 1.11. The lowest BCUT2D eigenvalue weighted by Gasteiger charge is -2.10. The molecule has 0 N–H and O–H groups in total. The summed E-state index contributed by atoms with van der Waals surface area (Å²) >= 11 is -0.295. The van der Waals surface area contributed by atoms with Gasteiger partial charge < -0.3 is 3.79 Å². The largest absolute Gasteiger partial charge is 0.643 e. The van der Waals surface area contributed by atoms with Crippen LogP contribution in [-0.2, 0) is 0 Å². The molecule has 3 aromatic carbocycles. The van der Waals surface area contributed by atoms with Crippen molar-refractivity contribution in [1.82, 2.24) is 4.98 Å². The molecule has 0 bridgehead atoms. The van der Waals surface area contributed by atoms with Gasteiger partial charge in [0.15, 0.2) is 0 Å². The highest BCUT2D eigenvalue weighted by atomic mass is 27.1. The van der Waals surface area contributed by atoms with Gasteiger partial charge in [-0.3, -0.25) is 0 Å². The molecule has 1 radical (unpaired) electrons. The predicted molar refractivity (Wildman–Crippen MR) is 104 cm³/mol. The first kappa shape index (κ1) is 15.9. The van der Waals surface area contributed by atoms with Crippen LogP contribution in [0, 0.1) is 6.92 Å². The van der Waals surface area contributed by atoms with Crippen molar-refractivity contribution >= 4 is 30.9 Å². The zero-order chi connectivity index (χ0) is 17.1. The minimum atomic E-state index is -0.295. The molecule has 4 aromatic rings. The Morgan fingerprint density at radius 1 is 0.720 bits per heavy atom. The second-order valence-electron chi connectivity index (χ2n) is 6.00. The maximum absolute atomic E-state index is 6.13. The van der Waals surface area contributed by atoms with Crippen LogP contribution in [0.5, 0.6) is 5.75 Å². The smallest absolute Gasteiger partial charge is 0.570 e. The van der Waals surface area contributed by atoms with Crippen LogP contribution in [0.15, 0.2) is 84.9 Å². The Morgan fingerprint density at radius 2 is 1.48 bits per heavy atom. The summed E-state index contributed by atoms with van der Waals surface area (Å²) in [6.45, 7) is 2.01. The van der Waals surface area contributed by atoms with Crippen molar-refractivity contribution < 1.29 is 3.79 Å². The number of aryl methyl sites for hydroxylation is 1. The second kappa shape index (κ2) is 7.11. The zero-order valence-electron chi connectivity index (χ0n) is 14.0. The molecule has 0 unspecified atom stereocenters. The second-order valence-corrected chi connectivity index (χ2v) is 7.14. The van der Waals surface area contributed by atoms with E-state index in [0.717, 1.165) is 22.3 Å². The van der Waals surface area contributed by atoms with Crippen LogP contribution >= 0.6 is 0 Å². The molecule has 1 heterocycles. The van der Waals surface area contributed by atoms with Gasteiger partial charge in [0.25, 0.3) is 0 Å². The molecule has 4 rings (SSSR count). The number of benzene rings is 3. The number of hydrogen-bond donors (Lipinski definition) is 0. The van der Waals surface area contributed by atoms with Crippen molar-refractivity contribution in [2.75, 3.05) is 0 Å². The minimum absolute atomic E-state index is 0.295. The van der Waals surface area contributed by atoms with E-state index in [1.165, 1.54) is 15.6 Å². The van der Waals surface area contributed by atoms with Gasteiger partial charge in [-0.1, -0.05) is 77.2 Å². The topological polar surface area (TPSA) is 22.1 Å². The molecule has 0 atom stereocenters. The molecule has 0 saturated heterocycles. The summed E-state index contributed by atoms with van der Waals surface area (Å²) in [5.41, 5.74) is 4.41. The van der Waals surface area contributed by atoms with Crippen molar-refractivity contribution in [3.63, 3.8) is 0 Å². The first-order chi connectivity index (χ1) is 12.3. The number of hydrogen-bond acceptors (Lipinski definition) is 2. The Bertz CT molecular complexity index is 997. The van der Waals surface area contributed by atoms with Gasteiger partial charge in [0.1, 0.15) is 11.3 Å². The third-order valence-corrected chi connectivity index (χ3v) is 5.19. The number of nitrogens with zero attached hydrogens (tertiary/aromatic N) is 1. The number of para-hydroxylation sites is 1. The Kier molecular flexibility index (Phi) is 4.52. The lowest BCUT2D eigenvalue weighted by atomic mass is 10.1. The lowest BCUT2D eigenvalue weighted by Crippen LogP contribution is -2.20. The summed E-state index contributed by atoms with van der Waals surface area (Å²) < 4.78 is 7.35. The fourth-order valence-electron chi connectivity index (χ4n) is 2.83. The van der Waals surface area contributed by atoms with E-state index in [0.29, 0.717) is 0 Å². The van der Waals surface area contributed by atoms with Gasteiger partial charge in [0.2, 0.25) is 0 Å². The maximum atomic E-state index is 6.13. The van der Waals surface area contributed by atoms with Crippen LogP contribution in [0.2, 0.25) is 0 Å². The summed E-state index contributed by atoms with van der Waals surface area (Å²) in [7, 11) is 0. The van der Waals surface area contributed by atoms with E-state index in [1.54, 1.807) is 0 Å². The quantitative estimate of drug-likeness (QED) is 0.510. The molecule has 0 spiro atoms. The molecule has 1 aromatic heterocycles. The Hall–Kier alpha value is -2.60. The van der Waals surface area contributed by atoms with E-state index < -0.39 is 0 Å². The predicted octanol–water partition coefficient (Wildman–Crippen LogP) is 4.53. The molecular formula is C22H17AlNO. The fraction of sp³-hybridized carbons (Fsp3) is 0.0455. The van der Waals surface area contributed by atoms with E-state index >= 15 is 0 Å². The van der Waals surface area contributed by atoms with Crippen molar-refractivity contribution in [3.8, 4) is 16.9 Å². The van der Waals surface area contributed by atoms with Gasteiger partial charge in [-0.2, -0.15) is 0 Å². The minimum Gasteiger partial charge on any atom is -0.643 e. The summed E-state index contributed by atoms with van der Waals surface area (Å²) in [6, 6.07) is 29.3. The van der Waals surface area contributed by atoms with Crippen molar-refractivity contribution in [2.45, 2.75) is 6.92 Å². The maximum Gasteiger partial charge on any atom is 0.570 e. The number of rotatable bonds is 4. The summed E-state index contributed by atoms with van der Waals surface area (Å²) in [6.07, 6.45) is 0. The van der Waals surface area contributed by atoms with Crippen LogP contribution in [0.4, 0.5) is 0 Å². The van der Waals surface area contributed by atoms with Crippen LogP contribution in [-0.4, -0.2) is 20.5 Å². The molecule has 25 heavy (non-hydrogen) atoms. The highest BCUT2D eigenvalue weighted by molar-refractivity contribution is 6.47. The lowest BCUT2D eigenvalue weighted by molar-refractivity contribution is 0.610. The molecule has 2 nitrogen and oxygen atoms in total. The Balaban J connectivity index is 1.53. The Morgan fingerprint density at radius 3 is 2.28 bits per heavy atom. The van der Waals surface area contributed by atoms with Gasteiger partial charge in [-0.05, 0) is 30.2 Å². The van der Waals surface area contributed by atoms with Crippen molar-refractivity contribution in [3.05, 3.63) is 90.6 Å². The molecule has 0 saturated carbocycles. The summed E-state index contributed by atoms with van der Waals surface area (Å²) in [5.74, 6) is 0.864. The molecule has 0 aliphatic carbocycles. The standard InChI is InChI=1S/C12H9.C10H9NO.Al/c1-3-7-11(8-4-1)12-9-5-2-6-10-12;1-7-5-6-8-3-2-4-9(12)10(8)11-7;/h1,3-10H;2-6,12H,1H3;/q;;+1/p-1. The number of fused-ring (bicyclic) bond motifs is 1. The van der Waals surface area contributed by atoms with Crippen molar-refractivity contribution in [2.24, 2.45) is 0 Å². The number of pyridine rings is 1. The van der Waals surface area contributed by atoms with E-state index in [2.05, 4.69) is 65.6 Å². The van der Waals surface area contributed by atoms with Crippen LogP contribution in [0.25, 0.3) is 22.0 Å². The molecule has 3 heteroatoms. The van der Waals surface area contributed by atoms with Crippen LogP contribution < -0.4 is 8.21 Å². The van der Waals surface area contributed by atoms with Crippen molar-refractivity contribution in [1.29, 1.82) is 0 Å². The average Bonchev–Trinajstić information content (AvgIpc) is 2.67. The van der Waals surface area contributed by atoms with Gasteiger partial charge >= 0.3 is 15.6 Å². The molecule has 0 aliphatic rings. The zero-order valence-corrected chi connectivity index (χ0v) is 15.2. The van der Waals surface area contributed by atoms with Crippen LogP contribution in [0.1, 0.15) is 5.69 Å². The highest BCUT2D eigenvalue weighted by Crippen LogP contribution is 2.23. The fourth-order valence-corrected chi connectivity index (χ4v) is 3.63. The SMILES string of the molecule is Cc1ccc2cccc([O][Al][c]3ccc(-c4ccccc4)cc3)c2n1. The molecule has 0 fully saturated rings. The Labute approximate surface area is 154 Å². The van der Waals surface area contributed by atoms with Gasteiger partial charge in [0, 0.05) is 11.1 Å². The van der Waals surface area contributed by atoms with E-state index in [-0.39, 0.29) is 15.6 Å². The third kappa shape index (κ3) is 3.59. The molecule has 0 amide bonds. The highest BCUT2D eigenvalue weighted by Gasteiger charge is 2.07. The average molecular weight is 338 g/mol. The van der Waals surface area contributed by atoms with E-state index in [9.17, 15) is 0 Å². The molecular weight excluding hydrogens is 321 g/mol. The third-order valence-electron chi connectivity index (χ3n) is 4.16.